The number of benzene rings is 2. The van der Waals surface area contributed by atoms with Crippen LogP contribution in [0.25, 0.3) is 6.08 Å². The van der Waals surface area contributed by atoms with E-state index < -0.39 is 0 Å². The number of aromatic nitrogens is 1. The number of hydrogen-bond donors (Lipinski definition) is 2. The maximum Gasteiger partial charge on any atom is 0.247 e. The van der Waals surface area contributed by atoms with Crippen molar-refractivity contribution in [2.45, 2.75) is 13.2 Å². The summed E-state index contributed by atoms with van der Waals surface area (Å²) in [7, 11) is 0. The number of H-pyrrole nitrogens is 1. The highest BCUT2D eigenvalue weighted by atomic mass is 16.5. The average Bonchev–Trinajstić information content (AvgIpc) is 2.71. The van der Waals surface area contributed by atoms with Crippen molar-refractivity contribution in [3.63, 3.8) is 0 Å². The summed E-state index contributed by atoms with van der Waals surface area (Å²) in [4.78, 5) is 25.5. The molecule has 0 unspecified atom stereocenters. The second-order valence-electron chi connectivity index (χ2n) is 5.96. The zero-order valence-corrected chi connectivity index (χ0v) is 14.7. The number of rotatable bonds is 7. The van der Waals surface area contributed by atoms with E-state index in [0.29, 0.717) is 13.2 Å². The zero-order valence-electron chi connectivity index (χ0n) is 14.7. The largest absolute Gasteiger partial charge is 0.489 e. The molecule has 0 aliphatic carbocycles. The Morgan fingerprint density at radius 1 is 1.00 bits per heavy atom. The van der Waals surface area contributed by atoms with Crippen LogP contribution in [0.5, 0.6) is 5.75 Å². The van der Waals surface area contributed by atoms with Crippen molar-refractivity contribution in [3.05, 3.63) is 106 Å². The topological polar surface area (TPSA) is 71.2 Å². The van der Waals surface area contributed by atoms with Gasteiger partial charge in [0.05, 0.1) is 0 Å². The Kier molecular flexibility index (Phi) is 6.20. The normalized spacial score (nSPS) is 10.7. The van der Waals surface area contributed by atoms with Gasteiger partial charge in [-0.25, -0.2) is 0 Å². The van der Waals surface area contributed by atoms with E-state index in [1.165, 1.54) is 12.1 Å². The van der Waals surface area contributed by atoms with Gasteiger partial charge in [0.1, 0.15) is 12.4 Å². The van der Waals surface area contributed by atoms with Gasteiger partial charge >= 0.3 is 0 Å². The van der Waals surface area contributed by atoms with Gasteiger partial charge in [0.15, 0.2) is 0 Å². The molecule has 3 rings (SSSR count). The lowest BCUT2D eigenvalue weighted by Crippen LogP contribution is -2.20. The van der Waals surface area contributed by atoms with Crippen LogP contribution in [-0.4, -0.2) is 10.9 Å². The molecule has 0 saturated heterocycles. The van der Waals surface area contributed by atoms with Crippen LogP contribution in [0, 0.1) is 0 Å². The van der Waals surface area contributed by atoms with Crippen molar-refractivity contribution in [1.82, 2.24) is 10.3 Å². The van der Waals surface area contributed by atoms with Crippen LogP contribution in [0.1, 0.15) is 16.7 Å². The summed E-state index contributed by atoms with van der Waals surface area (Å²) in [5.74, 6) is 0.534. The smallest absolute Gasteiger partial charge is 0.247 e. The summed E-state index contributed by atoms with van der Waals surface area (Å²) >= 11 is 0. The molecule has 1 amide bonds. The van der Waals surface area contributed by atoms with Crippen LogP contribution in [0.15, 0.2) is 83.8 Å². The summed E-state index contributed by atoms with van der Waals surface area (Å²) in [6, 6.07) is 20.6. The fourth-order valence-electron chi connectivity index (χ4n) is 2.42. The molecule has 0 radical (unpaired) electrons. The number of carbonyl (C=O) groups excluding carboxylic acids is 1. The van der Waals surface area contributed by atoms with Gasteiger partial charge < -0.3 is 15.0 Å². The molecule has 0 aliphatic heterocycles. The average molecular weight is 360 g/mol. The van der Waals surface area contributed by atoms with Crippen LogP contribution in [0.2, 0.25) is 0 Å². The lowest BCUT2D eigenvalue weighted by molar-refractivity contribution is -0.116. The van der Waals surface area contributed by atoms with Gasteiger partial charge in [-0.2, -0.15) is 0 Å². The number of carbonyl (C=O) groups is 1. The Balaban J connectivity index is 1.52. The molecule has 0 saturated carbocycles. The molecule has 0 atom stereocenters. The monoisotopic (exact) mass is 360 g/mol. The predicted molar refractivity (Wildman–Crippen MR) is 105 cm³/mol. The van der Waals surface area contributed by atoms with Crippen molar-refractivity contribution in [2.24, 2.45) is 0 Å². The molecule has 5 nitrogen and oxygen atoms in total. The van der Waals surface area contributed by atoms with Crippen LogP contribution >= 0.6 is 0 Å². The number of aromatic amines is 1. The van der Waals surface area contributed by atoms with Gasteiger partial charge in [-0.1, -0.05) is 48.5 Å². The third-order valence-corrected chi connectivity index (χ3v) is 3.85. The molecule has 0 aliphatic rings. The fraction of sp³-hybridized carbons (Fsp3) is 0.0909. The first kappa shape index (κ1) is 18.2. The Morgan fingerprint density at radius 2 is 1.85 bits per heavy atom. The molecule has 27 heavy (non-hydrogen) atoms. The fourth-order valence-corrected chi connectivity index (χ4v) is 2.42. The van der Waals surface area contributed by atoms with Gasteiger partial charge in [0, 0.05) is 24.9 Å². The van der Waals surface area contributed by atoms with Crippen molar-refractivity contribution in [2.75, 3.05) is 0 Å². The quantitative estimate of drug-likeness (QED) is 0.635. The number of pyridine rings is 1. The van der Waals surface area contributed by atoms with Crippen LogP contribution in [0.4, 0.5) is 0 Å². The predicted octanol–water partition coefficient (Wildman–Crippen LogP) is 3.28. The number of hydrogen-bond acceptors (Lipinski definition) is 3. The minimum atomic E-state index is -0.211. The first-order valence-electron chi connectivity index (χ1n) is 8.59. The first-order chi connectivity index (χ1) is 13.2. The molecule has 0 spiro atoms. The Hall–Kier alpha value is -3.60. The van der Waals surface area contributed by atoms with Gasteiger partial charge in [-0.3, -0.25) is 9.59 Å². The van der Waals surface area contributed by atoms with Gasteiger partial charge in [0.25, 0.3) is 0 Å². The minimum absolute atomic E-state index is 0.167. The van der Waals surface area contributed by atoms with E-state index in [1.54, 1.807) is 18.3 Å². The van der Waals surface area contributed by atoms with Crippen molar-refractivity contribution in [1.29, 1.82) is 0 Å². The molecule has 0 bridgehead atoms. The highest BCUT2D eigenvalue weighted by molar-refractivity contribution is 5.91. The summed E-state index contributed by atoms with van der Waals surface area (Å²) in [6.45, 7) is 0.841. The van der Waals surface area contributed by atoms with Gasteiger partial charge in [-0.05, 0) is 34.9 Å². The Bertz CT molecular complexity index is 958. The lowest BCUT2D eigenvalue weighted by Gasteiger charge is -2.07. The molecule has 2 N–H and O–H groups in total. The molecule has 1 heterocycles. The summed E-state index contributed by atoms with van der Waals surface area (Å²) < 4.78 is 5.79. The summed E-state index contributed by atoms with van der Waals surface area (Å²) in [6.07, 6.45) is 4.79. The maximum absolute atomic E-state index is 12.0. The van der Waals surface area contributed by atoms with Crippen molar-refractivity contribution in [3.8, 4) is 5.75 Å². The Labute approximate surface area is 157 Å². The van der Waals surface area contributed by atoms with Crippen molar-refractivity contribution < 1.29 is 9.53 Å². The van der Waals surface area contributed by atoms with Crippen LogP contribution < -0.4 is 15.6 Å². The maximum atomic E-state index is 12.0. The third kappa shape index (κ3) is 6.01. The number of nitrogens with one attached hydrogen (secondary N) is 2. The molecule has 5 heteroatoms. The van der Waals surface area contributed by atoms with E-state index in [2.05, 4.69) is 10.3 Å². The molecular formula is C22H20N2O3. The van der Waals surface area contributed by atoms with E-state index in [9.17, 15) is 9.59 Å². The number of amides is 1. The van der Waals surface area contributed by atoms with Gasteiger partial charge in [-0.15, -0.1) is 0 Å². The highest BCUT2D eigenvalue weighted by Crippen LogP contribution is 2.16. The SMILES string of the molecule is O=C(/C=C/c1cccc(OCc2ccccc2)c1)NCc1ccc(=O)[nH]c1. The van der Waals surface area contributed by atoms with Gasteiger partial charge in [0.2, 0.25) is 11.5 Å². The van der Waals surface area contributed by atoms with Crippen LogP contribution in [0.3, 0.4) is 0 Å². The highest BCUT2D eigenvalue weighted by Gasteiger charge is 1.99. The molecule has 136 valence electrons. The van der Waals surface area contributed by atoms with E-state index in [-0.39, 0.29) is 11.5 Å². The first-order valence-corrected chi connectivity index (χ1v) is 8.59. The van der Waals surface area contributed by atoms with E-state index in [1.807, 2.05) is 54.6 Å². The van der Waals surface area contributed by atoms with Crippen molar-refractivity contribution >= 4 is 12.0 Å². The molecule has 1 aromatic heterocycles. The molecular weight excluding hydrogens is 340 g/mol. The van der Waals surface area contributed by atoms with Crippen LogP contribution in [-0.2, 0) is 17.9 Å². The minimum Gasteiger partial charge on any atom is -0.489 e. The molecule has 0 fully saturated rings. The summed E-state index contributed by atoms with van der Waals surface area (Å²) in [5, 5.41) is 2.77. The summed E-state index contributed by atoms with van der Waals surface area (Å²) in [5.41, 5.74) is 2.63. The van der Waals surface area contributed by atoms with E-state index >= 15 is 0 Å². The lowest BCUT2D eigenvalue weighted by atomic mass is 10.2. The van der Waals surface area contributed by atoms with E-state index in [4.69, 9.17) is 4.74 Å². The third-order valence-electron chi connectivity index (χ3n) is 3.85. The molecule has 2 aromatic carbocycles. The second-order valence-corrected chi connectivity index (χ2v) is 5.96. The zero-order chi connectivity index (χ0) is 18.9. The number of ether oxygens (including phenoxy) is 1. The standard InChI is InChI=1S/C22H20N2O3/c25-21(23-14-19-10-12-22(26)24-15-19)11-9-17-7-4-8-20(13-17)27-16-18-5-2-1-3-6-18/h1-13,15H,14,16H2,(H,23,25)(H,24,26)/b11-9+. The molecule has 3 aromatic rings. The second kappa shape index (κ2) is 9.20. The Morgan fingerprint density at radius 3 is 2.63 bits per heavy atom. The van der Waals surface area contributed by atoms with E-state index in [0.717, 1.165) is 22.4 Å².